The van der Waals surface area contributed by atoms with Gasteiger partial charge in [0.25, 0.3) is 12.3 Å². The Morgan fingerprint density at radius 2 is 1.75 bits per heavy atom. The smallest absolute Gasteiger partial charge is 0.320 e. The minimum Gasteiger partial charge on any atom is -0.504 e. The number of nitrogens with one attached hydrogen (secondary N) is 2. The van der Waals surface area contributed by atoms with E-state index in [9.17, 15) is 28.7 Å². The van der Waals surface area contributed by atoms with Crippen LogP contribution in [0.3, 0.4) is 0 Å². The average Bonchev–Trinajstić information content (AvgIpc) is 3.55. The predicted octanol–water partition coefficient (Wildman–Crippen LogP) is 3.73. The topological polar surface area (TPSA) is 158 Å². The molecule has 18 heteroatoms. The molecule has 0 bridgehead atoms. The zero-order chi connectivity index (χ0) is 42.1. The summed E-state index contributed by atoms with van der Waals surface area (Å²) in [6.45, 7) is 8.63. The third-order valence-electron chi connectivity index (χ3n) is 13.4. The fourth-order valence-electron chi connectivity index (χ4n) is 10.1. The highest BCUT2D eigenvalue weighted by Crippen LogP contribution is 2.43. The number of aromatic nitrogens is 2. The van der Waals surface area contributed by atoms with Crippen molar-refractivity contribution in [2.45, 2.75) is 69.6 Å². The summed E-state index contributed by atoms with van der Waals surface area (Å²) in [5, 5.41) is 24.0. The lowest BCUT2D eigenvalue weighted by Crippen LogP contribution is -2.73. The van der Waals surface area contributed by atoms with Gasteiger partial charge in [-0.2, -0.15) is 0 Å². The van der Waals surface area contributed by atoms with E-state index in [1.54, 1.807) is 9.80 Å². The molecule has 0 spiro atoms. The third-order valence-corrected chi connectivity index (χ3v) is 13.4. The number of para-hydroxylation sites is 1. The number of fused-ring (bicyclic) bond motifs is 4. The molecule has 7 heterocycles. The highest BCUT2D eigenvalue weighted by atomic mass is 19.3. The Hall–Kier alpha value is -5.65. The Bertz CT molecular complexity index is 2240. The number of phenols is 1. The monoisotopic (exact) mass is 830 g/mol. The largest absolute Gasteiger partial charge is 0.504 e. The first kappa shape index (κ1) is 39.8. The predicted molar refractivity (Wildman–Crippen MR) is 215 cm³/mol. The van der Waals surface area contributed by atoms with Crippen LogP contribution in [0.2, 0.25) is 0 Å². The van der Waals surface area contributed by atoms with Crippen molar-refractivity contribution in [3.05, 3.63) is 59.4 Å². The minimum absolute atomic E-state index is 0.0932. The number of urea groups is 1. The lowest BCUT2D eigenvalue weighted by Gasteiger charge is -2.55. The van der Waals surface area contributed by atoms with Crippen molar-refractivity contribution in [1.29, 1.82) is 0 Å². The number of hydrogen-bond acceptors (Lipinski definition) is 11. The van der Waals surface area contributed by atoms with Gasteiger partial charge in [0.1, 0.15) is 11.6 Å². The van der Waals surface area contributed by atoms with Crippen molar-refractivity contribution >= 4 is 40.9 Å². The number of imide groups is 1. The van der Waals surface area contributed by atoms with Crippen LogP contribution in [0.25, 0.3) is 11.3 Å². The lowest BCUT2D eigenvalue weighted by atomic mass is 9.90. The third kappa shape index (κ3) is 6.91. The molecule has 4 saturated heterocycles. The number of piperidine rings is 2. The summed E-state index contributed by atoms with van der Waals surface area (Å²) in [5.41, 5.74) is 0.735. The Kier molecular flexibility index (Phi) is 10.0. The van der Waals surface area contributed by atoms with Crippen LogP contribution in [0.1, 0.15) is 55.5 Å². The van der Waals surface area contributed by atoms with Crippen LogP contribution in [0, 0.1) is 11.7 Å². The van der Waals surface area contributed by atoms with E-state index in [0.29, 0.717) is 55.6 Å². The molecule has 318 valence electrons. The average molecular weight is 831 g/mol. The van der Waals surface area contributed by atoms with Crippen LogP contribution in [0.4, 0.5) is 35.2 Å². The number of halogens is 3. The fraction of sp³-hybridized carbons (Fsp3) is 0.524. The minimum atomic E-state index is -2.83. The number of carbonyl (C=O) groups is 4. The van der Waals surface area contributed by atoms with E-state index in [1.807, 2.05) is 36.9 Å². The van der Waals surface area contributed by atoms with Crippen LogP contribution in [0.5, 0.6) is 5.75 Å². The summed E-state index contributed by atoms with van der Waals surface area (Å²) < 4.78 is 44.7. The van der Waals surface area contributed by atoms with E-state index in [4.69, 9.17) is 0 Å². The zero-order valence-electron chi connectivity index (χ0n) is 33.7. The number of nitrogens with zero attached hydrogens (tertiary/aromatic N) is 8. The molecule has 6 aliphatic rings. The molecule has 2 atom stereocenters. The maximum atomic E-state index is 15.3. The normalized spacial score (nSPS) is 24.6. The van der Waals surface area contributed by atoms with E-state index in [1.165, 1.54) is 23.1 Å². The number of benzene rings is 2. The highest BCUT2D eigenvalue weighted by Gasteiger charge is 2.54. The van der Waals surface area contributed by atoms with E-state index in [0.717, 1.165) is 49.8 Å². The maximum Gasteiger partial charge on any atom is 0.320 e. The highest BCUT2D eigenvalue weighted by molar-refractivity contribution is 6.05. The van der Waals surface area contributed by atoms with E-state index in [-0.39, 0.29) is 61.7 Å². The van der Waals surface area contributed by atoms with Crippen molar-refractivity contribution in [2.24, 2.45) is 5.92 Å². The summed E-state index contributed by atoms with van der Waals surface area (Å²) >= 11 is 0. The van der Waals surface area contributed by atoms with Crippen LogP contribution < -0.4 is 20.4 Å². The molecule has 0 saturated carbocycles. The van der Waals surface area contributed by atoms with Crippen molar-refractivity contribution < 1.29 is 37.5 Å². The van der Waals surface area contributed by atoms with Gasteiger partial charge < -0.3 is 34.9 Å². The Labute approximate surface area is 345 Å². The maximum absolute atomic E-state index is 15.3. The molecule has 15 nitrogen and oxygen atoms in total. The van der Waals surface area contributed by atoms with Gasteiger partial charge in [-0.3, -0.25) is 24.6 Å². The molecule has 4 fully saturated rings. The Morgan fingerprint density at radius 3 is 2.50 bits per heavy atom. The first-order chi connectivity index (χ1) is 28.7. The summed E-state index contributed by atoms with van der Waals surface area (Å²) in [7, 11) is 0. The van der Waals surface area contributed by atoms with Gasteiger partial charge in [-0.05, 0) is 74.9 Å². The van der Waals surface area contributed by atoms with Crippen molar-refractivity contribution in [1.82, 2.24) is 35.1 Å². The van der Waals surface area contributed by atoms with Crippen molar-refractivity contribution in [3.63, 3.8) is 0 Å². The summed E-state index contributed by atoms with van der Waals surface area (Å²) in [6, 6.07) is 10.6. The molecule has 6 aliphatic heterocycles. The number of anilines is 3. The van der Waals surface area contributed by atoms with Gasteiger partial charge in [-0.25, -0.2) is 18.0 Å². The molecule has 3 aromatic rings. The van der Waals surface area contributed by atoms with E-state index < -0.39 is 41.0 Å². The molecule has 0 aliphatic carbocycles. The Morgan fingerprint density at radius 1 is 0.950 bits per heavy atom. The van der Waals surface area contributed by atoms with Gasteiger partial charge >= 0.3 is 6.03 Å². The van der Waals surface area contributed by atoms with Crippen LogP contribution >= 0.6 is 0 Å². The van der Waals surface area contributed by atoms with Gasteiger partial charge in [0.2, 0.25) is 11.8 Å². The summed E-state index contributed by atoms with van der Waals surface area (Å²) in [5.74, 6) is -1.61. The SMILES string of the molecule is CC1(C)CN(CC2CCN(c3ccc4c(c3)C(=O)N([C@H]3CCC(=O)NC3=O)C4)CC2)CCN1C(=O)N1CCN2c3cc(-c4cccc(F)c4O)nnc3NC[C@@]2(C(F)F)C1. The van der Waals surface area contributed by atoms with Gasteiger partial charge in [-0.15, -0.1) is 10.2 Å². The molecule has 60 heavy (non-hydrogen) atoms. The van der Waals surface area contributed by atoms with Crippen molar-refractivity contribution in [2.75, 3.05) is 80.6 Å². The van der Waals surface area contributed by atoms with Gasteiger partial charge in [0.05, 0.1) is 23.5 Å². The van der Waals surface area contributed by atoms with Gasteiger partial charge in [-0.1, -0.05) is 12.1 Å². The molecular weight excluding hydrogens is 782 g/mol. The molecule has 0 unspecified atom stereocenters. The second kappa shape index (κ2) is 15.1. The number of rotatable bonds is 6. The second-order valence-electron chi connectivity index (χ2n) is 17.6. The molecular formula is C42H49F3N10O5. The Balaban J connectivity index is 0.803. The molecule has 5 amide bonds. The van der Waals surface area contributed by atoms with Gasteiger partial charge in [0.15, 0.2) is 17.4 Å². The first-order valence-corrected chi connectivity index (χ1v) is 20.7. The van der Waals surface area contributed by atoms with Crippen LogP contribution in [0.15, 0.2) is 42.5 Å². The summed E-state index contributed by atoms with van der Waals surface area (Å²) in [4.78, 5) is 63.0. The first-order valence-electron chi connectivity index (χ1n) is 20.7. The molecule has 9 rings (SSSR count). The lowest BCUT2D eigenvalue weighted by molar-refractivity contribution is -0.136. The second-order valence-corrected chi connectivity index (χ2v) is 17.6. The fourth-order valence-corrected chi connectivity index (χ4v) is 10.1. The number of amides is 5. The molecule has 1 aromatic heterocycles. The number of alkyl halides is 2. The number of carbonyl (C=O) groups excluding carboxylic acids is 4. The molecule has 0 radical (unpaired) electrons. The van der Waals surface area contributed by atoms with E-state index >= 15 is 8.78 Å². The van der Waals surface area contributed by atoms with E-state index in [2.05, 4.69) is 30.6 Å². The summed E-state index contributed by atoms with van der Waals surface area (Å²) in [6.07, 6.45) is -0.368. The quantitative estimate of drug-likeness (QED) is 0.311. The standard InChI is InChI=1S/C42H49F3N10O5/c1-41(2)23-50(20-25-10-12-51(13-11-25)27-7-6-26-21-53(38(59)29(26)18-27)32-8-9-34(56)47-37(32)58)14-16-55(41)40(60)52-15-17-54-33-19-31(28-4-3-5-30(43)35(28)57)48-49-36(33)46-22-42(54,24-52)39(44)45/h3-7,18-19,25,32,39,57H,8-17,20-24H2,1-2H3,(H,46,49)(H,47,56,58)/t32-,42-/m0/s1. The molecule has 3 N–H and O–H groups in total. The number of aromatic hydroxyl groups is 1. The number of phenolic OH excluding ortho intramolecular Hbond substituents is 1. The van der Waals surface area contributed by atoms with Crippen LogP contribution in [-0.2, 0) is 16.1 Å². The zero-order valence-corrected chi connectivity index (χ0v) is 33.7. The van der Waals surface area contributed by atoms with Crippen molar-refractivity contribution in [3.8, 4) is 17.0 Å². The number of hydrogen-bond donors (Lipinski definition) is 3. The number of piperazine rings is 2. The van der Waals surface area contributed by atoms with Crippen LogP contribution in [-0.4, -0.2) is 148 Å². The molecule has 2 aromatic carbocycles. The van der Waals surface area contributed by atoms with Gasteiger partial charge in [0, 0.05) is 88.7 Å².